The van der Waals surface area contributed by atoms with E-state index in [1.54, 1.807) is 12.4 Å². The van der Waals surface area contributed by atoms with E-state index < -0.39 is 31.3 Å². The Morgan fingerprint density at radius 3 is 1.19 bits per heavy atom. The quantitative estimate of drug-likeness (QED) is 0.589. The topological polar surface area (TPSA) is 90.4 Å². The summed E-state index contributed by atoms with van der Waals surface area (Å²) in [5, 5.41) is 0. The van der Waals surface area contributed by atoms with E-state index in [1.165, 1.54) is 0 Å². The third kappa shape index (κ3) is 6.26. The van der Waals surface area contributed by atoms with Gasteiger partial charge in [-0.25, -0.2) is 0 Å². The number of aromatic nitrogens is 1. The molecule has 122 valence electrons. The maximum Gasteiger partial charge on any atom is 0.524 e. The molecule has 0 amide bonds. The van der Waals surface area contributed by atoms with E-state index >= 15 is 0 Å². The Labute approximate surface area is 114 Å². The summed E-state index contributed by atoms with van der Waals surface area (Å²) in [4.78, 5) is 3.78. The van der Waals surface area contributed by atoms with E-state index in [4.69, 9.17) is 0 Å². The molecule has 0 aliphatic rings. The molecule has 14 heteroatoms. The van der Waals surface area contributed by atoms with Crippen molar-refractivity contribution in [1.29, 1.82) is 0 Å². The van der Waals surface area contributed by atoms with E-state index in [1.807, 2.05) is 21.8 Å². The van der Waals surface area contributed by atoms with Gasteiger partial charge in [0.2, 0.25) is 0 Å². The standard InChI is InChI=1S/C5H5N.C2F6O5S2/c1-2-4-6-5-3-1;3-1(4,5)14(9,10)13-15(11,12)2(6,7)8/h1-5H;. The molecule has 1 aromatic rings. The number of pyridine rings is 1. The van der Waals surface area contributed by atoms with Crippen LogP contribution in [0.25, 0.3) is 0 Å². The summed E-state index contributed by atoms with van der Waals surface area (Å²) in [5.41, 5.74) is -12.5. The van der Waals surface area contributed by atoms with E-state index in [-0.39, 0.29) is 0 Å². The van der Waals surface area contributed by atoms with E-state index in [0.717, 1.165) is 0 Å². The summed E-state index contributed by atoms with van der Waals surface area (Å²) in [6, 6.07) is 5.72. The predicted octanol–water partition coefficient (Wildman–Crippen LogP) is 1.78. The van der Waals surface area contributed by atoms with E-state index in [9.17, 15) is 43.2 Å². The molecule has 1 aromatic heterocycles. The van der Waals surface area contributed by atoms with Gasteiger partial charge in [0, 0.05) is 12.4 Å². The van der Waals surface area contributed by atoms with Crippen LogP contribution >= 0.6 is 0 Å². The molecule has 0 atom stereocenters. The number of hydrogen-bond donors (Lipinski definition) is 0. The highest BCUT2D eigenvalue weighted by Crippen LogP contribution is 2.31. The van der Waals surface area contributed by atoms with Crippen LogP contribution in [0.15, 0.2) is 30.6 Å². The minimum absolute atomic E-state index is 1.75. The number of hydrogen-bond acceptors (Lipinski definition) is 6. The Kier molecular flexibility index (Phi) is 6.13. The zero-order valence-corrected chi connectivity index (χ0v) is 11.1. The summed E-state index contributed by atoms with van der Waals surface area (Å²) < 4.78 is 110. The van der Waals surface area contributed by atoms with Gasteiger partial charge in [0.15, 0.2) is 0 Å². The molecule has 1 heterocycles. The zero-order valence-electron chi connectivity index (χ0n) is 9.46. The van der Waals surface area contributed by atoms with Crippen molar-refractivity contribution < 1.29 is 46.8 Å². The van der Waals surface area contributed by atoms with Crippen molar-refractivity contribution >= 4 is 20.2 Å². The second-order valence-electron chi connectivity index (χ2n) is 2.89. The fourth-order valence-corrected chi connectivity index (χ4v) is 2.07. The monoisotopic (exact) mass is 361 g/mol. The number of nitrogens with zero attached hydrogens (tertiary/aromatic N) is 1. The highest BCUT2D eigenvalue weighted by Gasteiger charge is 2.57. The first kappa shape index (κ1) is 19.6. The summed E-state index contributed by atoms with van der Waals surface area (Å²) in [6.45, 7) is 0. The highest BCUT2D eigenvalue weighted by molar-refractivity contribution is 8.00. The van der Waals surface area contributed by atoms with Crippen LogP contribution in [-0.4, -0.2) is 32.8 Å². The molecule has 0 unspecified atom stereocenters. The summed E-state index contributed by atoms with van der Waals surface area (Å²) in [7, 11) is -13.7. The second kappa shape index (κ2) is 6.57. The van der Waals surface area contributed by atoms with Gasteiger partial charge in [0.1, 0.15) is 0 Å². The third-order valence-corrected chi connectivity index (χ3v) is 3.88. The van der Waals surface area contributed by atoms with Crippen LogP contribution in [0, 0.1) is 0 Å². The summed E-state index contributed by atoms with van der Waals surface area (Å²) in [6.07, 6.45) is 3.50. The lowest BCUT2D eigenvalue weighted by atomic mass is 10.5. The molecule has 0 saturated carbocycles. The van der Waals surface area contributed by atoms with Gasteiger partial charge in [-0.1, -0.05) is 6.07 Å². The minimum atomic E-state index is -6.85. The van der Waals surface area contributed by atoms with Gasteiger partial charge in [0.05, 0.1) is 0 Å². The zero-order chi connectivity index (χ0) is 16.9. The van der Waals surface area contributed by atoms with Gasteiger partial charge in [-0.2, -0.15) is 43.2 Å². The first-order chi connectivity index (χ1) is 9.21. The maximum absolute atomic E-state index is 11.4. The Hall–Kier alpha value is -1.41. The third-order valence-electron chi connectivity index (χ3n) is 1.31. The van der Waals surface area contributed by atoms with Crippen molar-refractivity contribution in [3.05, 3.63) is 30.6 Å². The van der Waals surface area contributed by atoms with Crippen LogP contribution in [0.5, 0.6) is 0 Å². The van der Waals surface area contributed by atoms with Crippen LogP contribution < -0.4 is 0 Å². The Balaban J connectivity index is 0.000000547. The molecule has 0 radical (unpaired) electrons. The van der Waals surface area contributed by atoms with Crippen LogP contribution in [0.2, 0.25) is 0 Å². The van der Waals surface area contributed by atoms with Crippen LogP contribution in [0.3, 0.4) is 0 Å². The molecular formula is C7H5F6NO5S2. The van der Waals surface area contributed by atoms with Crippen molar-refractivity contribution in [3.8, 4) is 0 Å². The van der Waals surface area contributed by atoms with Crippen molar-refractivity contribution in [2.75, 3.05) is 0 Å². The van der Waals surface area contributed by atoms with Gasteiger partial charge >= 0.3 is 31.3 Å². The first-order valence-electron chi connectivity index (χ1n) is 4.39. The van der Waals surface area contributed by atoms with Crippen molar-refractivity contribution in [1.82, 2.24) is 4.98 Å². The van der Waals surface area contributed by atoms with Gasteiger partial charge in [-0.05, 0) is 12.1 Å². The van der Waals surface area contributed by atoms with Crippen molar-refractivity contribution in [2.45, 2.75) is 11.0 Å². The van der Waals surface area contributed by atoms with Gasteiger partial charge < -0.3 is 0 Å². The lowest BCUT2D eigenvalue weighted by Gasteiger charge is -2.09. The molecule has 0 spiro atoms. The van der Waals surface area contributed by atoms with Gasteiger partial charge in [-0.3, -0.25) is 4.98 Å². The average molecular weight is 361 g/mol. The molecule has 1 rings (SSSR count). The number of alkyl halides is 6. The van der Waals surface area contributed by atoms with E-state index in [0.29, 0.717) is 0 Å². The fourth-order valence-electron chi connectivity index (χ4n) is 0.508. The first-order valence-corrected chi connectivity index (χ1v) is 7.21. The molecule has 0 fully saturated rings. The fraction of sp³-hybridized carbons (Fsp3) is 0.286. The summed E-state index contributed by atoms with van der Waals surface area (Å²) >= 11 is 0. The molecule has 0 aromatic carbocycles. The predicted molar refractivity (Wildman–Crippen MR) is 55.3 cm³/mol. The number of rotatable bonds is 2. The lowest BCUT2D eigenvalue weighted by Crippen LogP contribution is -2.34. The second-order valence-corrected chi connectivity index (χ2v) is 6.18. The Bertz CT molecular complexity index is 568. The smallest absolute Gasteiger partial charge is 0.265 e. The molecular weight excluding hydrogens is 356 g/mol. The van der Waals surface area contributed by atoms with Gasteiger partial charge in [-0.15, -0.1) is 3.63 Å². The van der Waals surface area contributed by atoms with Crippen molar-refractivity contribution in [2.24, 2.45) is 0 Å². The minimum Gasteiger partial charge on any atom is -0.265 e. The number of halogens is 6. The lowest BCUT2D eigenvalue weighted by molar-refractivity contribution is -0.0585. The van der Waals surface area contributed by atoms with E-state index in [2.05, 4.69) is 4.98 Å². The molecule has 6 nitrogen and oxygen atoms in total. The van der Waals surface area contributed by atoms with Crippen LogP contribution in [0.1, 0.15) is 0 Å². The molecule has 0 aliphatic heterocycles. The normalized spacial score (nSPS) is 13.2. The van der Waals surface area contributed by atoms with Gasteiger partial charge in [0.25, 0.3) is 0 Å². The highest BCUT2D eigenvalue weighted by atomic mass is 32.3. The molecule has 0 saturated heterocycles. The average Bonchev–Trinajstić information content (AvgIpc) is 2.27. The molecule has 0 bridgehead atoms. The Morgan fingerprint density at radius 1 is 0.714 bits per heavy atom. The van der Waals surface area contributed by atoms with Crippen molar-refractivity contribution in [3.63, 3.8) is 0 Å². The van der Waals surface area contributed by atoms with Crippen LogP contribution in [-0.2, 0) is 23.9 Å². The molecule has 21 heavy (non-hydrogen) atoms. The maximum atomic E-state index is 11.4. The molecule has 0 aliphatic carbocycles. The summed E-state index contributed by atoms with van der Waals surface area (Å²) in [5.74, 6) is 0. The molecule has 0 N–H and O–H groups in total. The van der Waals surface area contributed by atoms with Crippen LogP contribution in [0.4, 0.5) is 26.3 Å². The Morgan fingerprint density at radius 2 is 1.05 bits per heavy atom. The SMILES string of the molecule is O=S(=O)(OS(=O)(=O)C(F)(F)F)C(F)(F)F.c1ccncc1. The largest absolute Gasteiger partial charge is 0.524 e.